The van der Waals surface area contributed by atoms with Gasteiger partial charge in [0, 0.05) is 0 Å². The predicted molar refractivity (Wildman–Crippen MR) is 95.3 cm³/mol. The summed E-state index contributed by atoms with van der Waals surface area (Å²) in [7, 11) is 4.62. The van der Waals surface area contributed by atoms with Gasteiger partial charge in [-0.15, -0.1) is 0 Å². The number of para-hydroxylation sites is 1. The molecule has 0 fully saturated rings. The first kappa shape index (κ1) is 17.8. The largest absolute Gasteiger partial charge is 0.496 e. The standard InChI is InChI=1S/C17H17BrN2O4/c1-22-14-7-5-4-6-12(14)17(21)20-19-10-11-8-13(18)16(24-3)15(9-11)23-2/h4-10H,1-3H3,(H,20,21)/b19-10+. The lowest BCUT2D eigenvalue weighted by molar-refractivity contribution is 0.0952. The number of hydrogen-bond donors (Lipinski definition) is 1. The van der Waals surface area contributed by atoms with Gasteiger partial charge in [-0.2, -0.15) is 5.10 Å². The molecule has 24 heavy (non-hydrogen) atoms. The minimum Gasteiger partial charge on any atom is -0.496 e. The summed E-state index contributed by atoms with van der Waals surface area (Å²) in [6.07, 6.45) is 1.51. The van der Waals surface area contributed by atoms with Gasteiger partial charge < -0.3 is 14.2 Å². The lowest BCUT2D eigenvalue weighted by Crippen LogP contribution is -2.18. The Hall–Kier alpha value is -2.54. The summed E-state index contributed by atoms with van der Waals surface area (Å²) >= 11 is 3.40. The van der Waals surface area contributed by atoms with Gasteiger partial charge in [-0.05, 0) is 45.8 Å². The number of hydrazone groups is 1. The molecule has 0 spiro atoms. The monoisotopic (exact) mass is 392 g/mol. The molecule has 7 heteroatoms. The predicted octanol–water partition coefficient (Wildman–Crippen LogP) is 3.24. The van der Waals surface area contributed by atoms with Crippen LogP contribution in [-0.2, 0) is 0 Å². The summed E-state index contributed by atoms with van der Waals surface area (Å²) < 4.78 is 16.4. The maximum Gasteiger partial charge on any atom is 0.275 e. The second-order valence-corrected chi connectivity index (χ2v) is 5.49. The molecule has 126 valence electrons. The zero-order chi connectivity index (χ0) is 17.5. The van der Waals surface area contributed by atoms with Crippen molar-refractivity contribution in [2.24, 2.45) is 5.10 Å². The molecule has 0 saturated heterocycles. The molecule has 2 aromatic carbocycles. The summed E-state index contributed by atoms with van der Waals surface area (Å²) in [5.74, 6) is 1.28. The van der Waals surface area contributed by atoms with E-state index in [1.807, 2.05) is 0 Å². The average Bonchev–Trinajstić information content (AvgIpc) is 2.60. The van der Waals surface area contributed by atoms with Gasteiger partial charge in [0.1, 0.15) is 5.75 Å². The van der Waals surface area contributed by atoms with E-state index in [1.54, 1.807) is 50.6 Å². The van der Waals surface area contributed by atoms with Gasteiger partial charge in [0.25, 0.3) is 5.91 Å². The van der Waals surface area contributed by atoms with Crippen LogP contribution in [0.25, 0.3) is 0 Å². The third kappa shape index (κ3) is 4.05. The molecule has 1 amide bonds. The average molecular weight is 393 g/mol. The van der Waals surface area contributed by atoms with Gasteiger partial charge in [-0.25, -0.2) is 5.43 Å². The molecule has 0 bridgehead atoms. The van der Waals surface area contributed by atoms with Gasteiger partial charge in [0.2, 0.25) is 0 Å². The van der Waals surface area contributed by atoms with Crippen molar-refractivity contribution in [2.45, 2.75) is 0 Å². The SMILES string of the molecule is COc1ccccc1C(=O)N/N=C/c1cc(Br)c(OC)c(OC)c1. The molecule has 6 nitrogen and oxygen atoms in total. The number of benzene rings is 2. The molecule has 0 aliphatic carbocycles. The molecule has 0 aliphatic rings. The highest BCUT2D eigenvalue weighted by Gasteiger charge is 2.11. The van der Waals surface area contributed by atoms with Crippen LogP contribution in [0.4, 0.5) is 0 Å². The Morgan fingerprint density at radius 3 is 2.46 bits per heavy atom. The van der Waals surface area contributed by atoms with Crippen LogP contribution in [-0.4, -0.2) is 33.5 Å². The van der Waals surface area contributed by atoms with Crippen molar-refractivity contribution in [3.63, 3.8) is 0 Å². The van der Waals surface area contributed by atoms with Crippen molar-refractivity contribution < 1.29 is 19.0 Å². The van der Waals surface area contributed by atoms with E-state index in [-0.39, 0.29) is 5.91 Å². The first-order valence-corrected chi connectivity index (χ1v) is 7.78. The molecule has 0 heterocycles. The van der Waals surface area contributed by atoms with Gasteiger partial charge in [-0.3, -0.25) is 4.79 Å². The molecule has 2 aromatic rings. The second kappa shape index (κ2) is 8.35. The minimum absolute atomic E-state index is 0.358. The molecule has 0 saturated carbocycles. The van der Waals surface area contributed by atoms with Crippen LogP contribution in [0.1, 0.15) is 15.9 Å². The van der Waals surface area contributed by atoms with E-state index >= 15 is 0 Å². The second-order valence-electron chi connectivity index (χ2n) is 4.64. The summed E-state index contributed by atoms with van der Waals surface area (Å²) in [5, 5.41) is 3.97. The highest BCUT2D eigenvalue weighted by molar-refractivity contribution is 9.10. The summed E-state index contributed by atoms with van der Waals surface area (Å²) in [6.45, 7) is 0. The van der Waals surface area contributed by atoms with Crippen LogP contribution in [0.3, 0.4) is 0 Å². The molecule has 0 radical (unpaired) electrons. The fraction of sp³-hybridized carbons (Fsp3) is 0.176. The molecule has 0 aromatic heterocycles. The lowest BCUT2D eigenvalue weighted by Gasteiger charge is -2.10. The highest BCUT2D eigenvalue weighted by Crippen LogP contribution is 2.35. The zero-order valence-corrected chi connectivity index (χ0v) is 15.1. The Bertz CT molecular complexity index is 762. The lowest BCUT2D eigenvalue weighted by atomic mass is 10.2. The molecular weight excluding hydrogens is 376 g/mol. The number of nitrogens with one attached hydrogen (secondary N) is 1. The molecule has 0 atom stereocenters. The van der Waals surface area contributed by atoms with Crippen molar-refractivity contribution in [1.29, 1.82) is 0 Å². The van der Waals surface area contributed by atoms with E-state index in [0.29, 0.717) is 22.8 Å². The Labute approximate surface area is 148 Å². The fourth-order valence-corrected chi connectivity index (χ4v) is 2.69. The van der Waals surface area contributed by atoms with Crippen LogP contribution < -0.4 is 19.6 Å². The van der Waals surface area contributed by atoms with Crippen molar-refractivity contribution in [3.05, 3.63) is 52.0 Å². The normalized spacial score (nSPS) is 10.5. The number of amides is 1. The third-order valence-corrected chi connectivity index (χ3v) is 3.78. The van der Waals surface area contributed by atoms with Gasteiger partial charge in [-0.1, -0.05) is 12.1 Å². The molecule has 1 N–H and O–H groups in total. The Kier molecular flexibility index (Phi) is 6.20. The van der Waals surface area contributed by atoms with Gasteiger partial charge in [0.05, 0.1) is 37.6 Å². The minimum atomic E-state index is -0.358. The first-order chi connectivity index (χ1) is 11.6. The molecular formula is C17H17BrN2O4. The number of ether oxygens (including phenoxy) is 3. The van der Waals surface area contributed by atoms with Crippen LogP contribution >= 0.6 is 15.9 Å². The fourth-order valence-electron chi connectivity index (χ4n) is 2.07. The molecule has 2 rings (SSSR count). The van der Waals surface area contributed by atoms with Crippen molar-refractivity contribution in [1.82, 2.24) is 5.43 Å². The number of carbonyl (C=O) groups excluding carboxylic acids is 1. The van der Waals surface area contributed by atoms with Gasteiger partial charge in [0.15, 0.2) is 11.5 Å². The van der Waals surface area contributed by atoms with E-state index in [9.17, 15) is 4.79 Å². The first-order valence-electron chi connectivity index (χ1n) is 6.98. The Morgan fingerprint density at radius 2 is 1.79 bits per heavy atom. The van der Waals surface area contributed by atoms with Crippen LogP contribution in [0.2, 0.25) is 0 Å². The van der Waals surface area contributed by atoms with Crippen molar-refractivity contribution in [3.8, 4) is 17.2 Å². The smallest absolute Gasteiger partial charge is 0.275 e. The Morgan fingerprint density at radius 1 is 1.08 bits per heavy atom. The van der Waals surface area contributed by atoms with Crippen molar-refractivity contribution in [2.75, 3.05) is 21.3 Å². The van der Waals surface area contributed by atoms with Crippen LogP contribution in [0, 0.1) is 0 Å². The third-order valence-electron chi connectivity index (χ3n) is 3.19. The van der Waals surface area contributed by atoms with Crippen molar-refractivity contribution >= 4 is 28.1 Å². The molecule has 0 unspecified atom stereocenters. The zero-order valence-electron chi connectivity index (χ0n) is 13.5. The van der Waals surface area contributed by atoms with E-state index in [4.69, 9.17) is 14.2 Å². The number of nitrogens with zero attached hydrogens (tertiary/aromatic N) is 1. The number of rotatable bonds is 6. The van der Waals surface area contributed by atoms with E-state index in [2.05, 4.69) is 26.5 Å². The van der Waals surface area contributed by atoms with E-state index in [1.165, 1.54) is 13.3 Å². The Balaban J connectivity index is 2.14. The summed E-state index contributed by atoms with van der Waals surface area (Å²) in [6, 6.07) is 10.5. The number of hydrogen-bond acceptors (Lipinski definition) is 5. The van der Waals surface area contributed by atoms with E-state index in [0.717, 1.165) is 10.0 Å². The van der Waals surface area contributed by atoms with E-state index < -0.39 is 0 Å². The molecule has 0 aliphatic heterocycles. The van der Waals surface area contributed by atoms with Crippen LogP contribution in [0.5, 0.6) is 17.2 Å². The quantitative estimate of drug-likeness (QED) is 0.605. The topological polar surface area (TPSA) is 69.2 Å². The van der Waals surface area contributed by atoms with Gasteiger partial charge >= 0.3 is 0 Å². The van der Waals surface area contributed by atoms with Crippen LogP contribution in [0.15, 0.2) is 46.0 Å². The maximum atomic E-state index is 12.1. The number of carbonyl (C=O) groups is 1. The number of halogens is 1. The summed E-state index contributed by atoms with van der Waals surface area (Å²) in [5.41, 5.74) is 3.61. The number of methoxy groups -OCH3 is 3. The highest BCUT2D eigenvalue weighted by atomic mass is 79.9. The summed E-state index contributed by atoms with van der Waals surface area (Å²) in [4.78, 5) is 12.1. The maximum absolute atomic E-state index is 12.1.